The number of rotatable bonds is 11. The molecule has 3 aromatic rings. The Morgan fingerprint density at radius 3 is 2.32 bits per heavy atom. The quantitative estimate of drug-likeness (QED) is 0.393. The van der Waals surface area contributed by atoms with E-state index in [1.807, 2.05) is 0 Å². The molecule has 3 aromatic carbocycles. The highest BCUT2D eigenvalue weighted by Crippen LogP contribution is 2.32. The van der Waals surface area contributed by atoms with E-state index in [-0.39, 0.29) is 28.8 Å². The average molecular weight is 544 g/mol. The van der Waals surface area contributed by atoms with Crippen molar-refractivity contribution in [3.05, 3.63) is 89.4 Å². The molecule has 37 heavy (non-hydrogen) atoms. The zero-order valence-corrected chi connectivity index (χ0v) is 22.5. The van der Waals surface area contributed by atoms with Crippen LogP contribution in [0.4, 0.5) is 5.69 Å². The monoisotopic (exact) mass is 543 g/mol. The lowest BCUT2D eigenvalue weighted by molar-refractivity contribution is -0.139. The lowest BCUT2D eigenvalue weighted by Crippen LogP contribution is -2.51. The second-order valence-electron chi connectivity index (χ2n) is 8.22. The summed E-state index contributed by atoms with van der Waals surface area (Å²) in [5.74, 6) is -0.634. The van der Waals surface area contributed by atoms with Gasteiger partial charge in [0.25, 0.3) is 10.0 Å². The molecule has 0 radical (unpaired) electrons. The van der Waals surface area contributed by atoms with Crippen molar-refractivity contribution in [2.24, 2.45) is 0 Å². The van der Waals surface area contributed by atoms with Crippen molar-refractivity contribution in [2.75, 3.05) is 24.5 Å². The zero-order valence-electron chi connectivity index (χ0n) is 20.9. The van der Waals surface area contributed by atoms with E-state index in [2.05, 4.69) is 5.32 Å². The van der Waals surface area contributed by atoms with E-state index in [1.165, 1.54) is 24.1 Å². The molecule has 10 heteroatoms. The smallest absolute Gasteiger partial charge is 0.264 e. The molecule has 0 unspecified atom stereocenters. The molecular weight excluding hydrogens is 514 g/mol. The molecule has 0 aliphatic rings. The van der Waals surface area contributed by atoms with E-state index in [1.54, 1.807) is 80.6 Å². The van der Waals surface area contributed by atoms with Gasteiger partial charge in [-0.25, -0.2) is 8.42 Å². The van der Waals surface area contributed by atoms with Crippen LogP contribution in [-0.2, 0) is 26.2 Å². The summed E-state index contributed by atoms with van der Waals surface area (Å²) in [6, 6.07) is 20.5. The first-order chi connectivity index (χ1) is 17.7. The number of nitrogens with zero attached hydrogens (tertiary/aromatic N) is 2. The Morgan fingerprint density at radius 1 is 1.00 bits per heavy atom. The van der Waals surface area contributed by atoms with Gasteiger partial charge in [0.15, 0.2) is 0 Å². The first kappa shape index (κ1) is 28.0. The number of nitrogens with one attached hydrogen (secondary N) is 1. The number of methoxy groups -OCH3 is 1. The lowest BCUT2D eigenvalue weighted by Gasteiger charge is -2.32. The van der Waals surface area contributed by atoms with Gasteiger partial charge in [0, 0.05) is 18.1 Å². The Balaban J connectivity index is 2.06. The third-order valence-electron chi connectivity index (χ3n) is 5.72. The maximum atomic E-state index is 13.8. The Labute approximate surface area is 222 Å². The third-order valence-corrected chi connectivity index (χ3v) is 7.73. The van der Waals surface area contributed by atoms with Gasteiger partial charge in [0.05, 0.1) is 17.7 Å². The van der Waals surface area contributed by atoms with Crippen LogP contribution in [0, 0.1) is 0 Å². The van der Waals surface area contributed by atoms with Crippen molar-refractivity contribution in [3.8, 4) is 5.75 Å². The van der Waals surface area contributed by atoms with Crippen LogP contribution in [0.2, 0.25) is 5.02 Å². The van der Waals surface area contributed by atoms with E-state index < -0.39 is 28.5 Å². The first-order valence-electron chi connectivity index (χ1n) is 11.7. The number of halogens is 1. The molecule has 1 N–H and O–H groups in total. The van der Waals surface area contributed by atoms with Gasteiger partial charge < -0.3 is 15.0 Å². The second-order valence-corrected chi connectivity index (χ2v) is 10.5. The van der Waals surface area contributed by atoms with Crippen LogP contribution in [0.5, 0.6) is 5.75 Å². The minimum absolute atomic E-state index is 0.0203. The fourth-order valence-corrected chi connectivity index (χ4v) is 5.46. The van der Waals surface area contributed by atoms with Crippen molar-refractivity contribution in [3.63, 3.8) is 0 Å². The van der Waals surface area contributed by atoms with Crippen LogP contribution in [0.25, 0.3) is 0 Å². The van der Waals surface area contributed by atoms with Gasteiger partial charge in [-0.1, -0.05) is 54.1 Å². The van der Waals surface area contributed by atoms with Crippen LogP contribution < -0.4 is 14.4 Å². The summed E-state index contributed by atoms with van der Waals surface area (Å²) in [6.07, 6.45) is 0. The molecule has 1 atom stereocenters. The molecule has 0 aliphatic heterocycles. The maximum Gasteiger partial charge on any atom is 0.264 e. The summed E-state index contributed by atoms with van der Waals surface area (Å²) in [5, 5.41) is 3.21. The standard InChI is InChI=1S/C27H30ClN3O5S/c1-4-29-27(33)20(2)30(18-21-11-10-12-22(28)17-21)26(32)19-31(24-15-8-9-16-25(24)36-3)37(34,35)23-13-6-5-7-14-23/h5-17,20H,4,18-19H2,1-3H3,(H,29,33)/t20-/m1/s1. The fourth-order valence-electron chi connectivity index (χ4n) is 3.81. The van der Waals surface area contributed by atoms with Gasteiger partial charge >= 0.3 is 0 Å². The van der Waals surface area contributed by atoms with Gasteiger partial charge in [0.1, 0.15) is 18.3 Å². The number of hydrogen-bond donors (Lipinski definition) is 1. The van der Waals surface area contributed by atoms with Gasteiger partial charge in [-0.05, 0) is 55.8 Å². The molecule has 0 aliphatic carbocycles. The van der Waals surface area contributed by atoms with Crippen LogP contribution in [0.15, 0.2) is 83.8 Å². The summed E-state index contributed by atoms with van der Waals surface area (Å²) >= 11 is 6.14. The predicted molar refractivity (Wildman–Crippen MR) is 144 cm³/mol. The van der Waals surface area contributed by atoms with E-state index in [0.29, 0.717) is 17.1 Å². The Bertz CT molecular complexity index is 1330. The highest BCUT2D eigenvalue weighted by Gasteiger charge is 2.33. The number of benzene rings is 3. The third kappa shape index (κ3) is 6.81. The molecule has 0 aromatic heterocycles. The van der Waals surface area contributed by atoms with Crippen LogP contribution in [0.1, 0.15) is 19.4 Å². The molecule has 0 fully saturated rings. The van der Waals surface area contributed by atoms with Crippen molar-refractivity contribution < 1.29 is 22.7 Å². The van der Waals surface area contributed by atoms with Crippen LogP contribution in [-0.4, -0.2) is 51.4 Å². The largest absolute Gasteiger partial charge is 0.495 e. The van der Waals surface area contributed by atoms with E-state index in [9.17, 15) is 18.0 Å². The number of ether oxygens (including phenoxy) is 1. The minimum atomic E-state index is -4.17. The predicted octanol–water partition coefficient (Wildman–Crippen LogP) is 4.10. The Kier molecular flexibility index (Phi) is 9.54. The van der Waals surface area contributed by atoms with E-state index in [0.717, 1.165) is 4.31 Å². The van der Waals surface area contributed by atoms with E-state index >= 15 is 0 Å². The van der Waals surface area contributed by atoms with Gasteiger partial charge in [-0.15, -0.1) is 0 Å². The van der Waals surface area contributed by atoms with Crippen molar-refractivity contribution >= 4 is 39.1 Å². The summed E-state index contributed by atoms with van der Waals surface area (Å²) < 4.78 is 34.0. The summed E-state index contributed by atoms with van der Waals surface area (Å²) in [7, 11) is -2.74. The molecule has 0 bridgehead atoms. The number of likely N-dealkylation sites (N-methyl/N-ethyl adjacent to an activating group) is 1. The SMILES string of the molecule is CCNC(=O)[C@@H](C)N(Cc1cccc(Cl)c1)C(=O)CN(c1ccccc1OC)S(=O)(=O)c1ccccc1. The maximum absolute atomic E-state index is 13.8. The summed E-state index contributed by atoms with van der Waals surface area (Å²) in [5.41, 5.74) is 0.905. The molecule has 196 valence electrons. The topological polar surface area (TPSA) is 96.0 Å². The highest BCUT2D eigenvalue weighted by molar-refractivity contribution is 7.92. The molecule has 0 heterocycles. The van der Waals surface area contributed by atoms with Crippen molar-refractivity contribution in [1.29, 1.82) is 0 Å². The molecule has 0 saturated carbocycles. The van der Waals surface area contributed by atoms with Crippen molar-refractivity contribution in [2.45, 2.75) is 31.3 Å². The number of hydrogen-bond acceptors (Lipinski definition) is 5. The zero-order chi connectivity index (χ0) is 27.0. The number of para-hydroxylation sites is 2. The number of carbonyl (C=O) groups is 2. The van der Waals surface area contributed by atoms with E-state index in [4.69, 9.17) is 16.3 Å². The van der Waals surface area contributed by atoms with Gasteiger partial charge in [-0.3, -0.25) is 13.9 Å². The second kappa shape index (κ2) is 12.6. The molecule has 0 spiro atoms. The molecule has 0 saturated heterocycles. The van der Waals surface area contributed by atoms with Gasteiger partial charge in [0.2, 0.25) is 11.8 Å². The highest BCUT2D eigenvalue weighted by atomic mass is 35.5. The normalized spacial score (nSPS) is 11.9. The number of anilines is 1. The lowest BCUT2D eigenvalue weighted by atomic mass is 10.1. The molecule has 8 nitrogen and oxygen atoms in total. The molecule has 3 rings (SSSR count). The summed E-state index contributed by atoms with van der Waals surface area (Å²) in [6.45, 7) is 3.28. The minimum Gasteiger partial charge on any atom is -0.495 e. The number of amides is 2. The summed E-state index contributed by atoms with van der Waals surface area (Å²) in [4.78, 5) is 27.9. The number of sulfonamides is 1. The Hall–Kier alpha value is -3.56. The number of carbonyl (C=O) groups excluding carboxylic acids is 2. The van der Waals surface area contributed by atoms with Crippen LogP contribution in [0.3, 0.4) is 0 Å². The van der Waals surface area contributed by atoms with Crippen LogP contribution >= 0.6 is 11.6 Å². The molecule has 2 amide bonds. The van der Waals surface area contributed by atoms with Gasteiger partial charge in [-0.2, -0.15) is 0 Å². The fraction of sp³-hybridized carbons (Fsp3) is 0.259. The van der Waals surface area contributed by atoms with Crippen molar-refractivity contribution in [1.82, 2.24) is 10.2 Å². The first-order valence-corrected chi connectivity index (χ1v) is 13.5. The molecular formula is C27H30ClN3O5S. The Morgan fingerprint density at radius 2 is 1.68 bits per heavy atom. The average Bonchev–Trinajstić information content (AvgIpc) is 2.90.